The van der Waals surface area contributed by atoms with Crippen molar-refractivity contribution in [2.45, 2.75) is 19.4 Å². The minimum Gasteiger partial charge on any atom is -0.496 e. The van der Waals surface area contributed by atoms with Gasteiger partial charge in [-0.2, -0.15) is 0 Å². The molecular weight excluding hydrogens is 308 g/mol. The number of hydrogen-bond acceptors (Lipinski definition) is 4. The highest BCUT2D eigenvalue weighted by atomic mass is 16.5. The lowest BCUT2D eigenvalue weighted by Crippen LogP contribution is -2.05. The van der Waals surface area contributed by atoms with Crippen molar-refractivity contribution in [1.29, 1.82) is 0 Å². The predicted molar refractivity (Wildman–Crippen MR) is 88.8 cm³/mol. The van der Waals surface area contributed by atoms with Gasteiger partial charge in [0.15, 0.2) is 0 Å². The SMILES string of the molecule is COc1cc2c(cc1-c1nc3ccc(C(=O)O)cc3[nH]1)O[C@H](C)C2. The molecule has 0 amide bonds. The minimum atomic E-state index is -0.967. The van der Waals surface area contributed by atoms with Crippen molar-refractivity contribution in [3.05, 3.63) is 41.5 Å². The van der Waals surface area contributed by atoms with Crippen LogP contribution in [0.1, 0.15) is 22.8 Å². The van der Waals surface area contributed by atoms with Gasteiger partial charge in [0.2, 0.25) is 0 Å². The number of aromatic carboxylic acids is 1. The van der Waals surface area contributed by atoms with E-state index in [-0.39, 0.29) is 11.7 Å². The molecule has 0 saturated carbocycles. The Balaban J connectivity index is 1.85. The molecule has 4 rings (SSSR count). The third kappa shape index (κ3) is 2.27. The Morgan fingerprint density at radius 1 is 1.38 bits per heavy atom. The number of methoxy groups -OCH3 is 1. The summed E-state index contributed by atoms with van der Waals surface area (Å²) < 4.78 is 11.3. The Morgan fingerprint density at radius 2 is 2.21 bits per heavy atom. The molecule has 2 heterocycles. The first-order chi connectivity index (χ1) is 11.5. The summed E-state index contributed by atoms with van der Waals surface area (Å²) in [6.07, 6.45) is 1.00. The fourth-order valence-electron chi connectivity index (χ4n) is 3.06. The van der Waals surface area contributed by atoms with E-state index in [1.54, 1.807) is 25.3 Å². The van der Waals surface area contributed by atoms with E-state index in [9.17, 15) is 4.79 Å². The molecule has 1 aliphatic rings. The average Bonchev–Trinajstić information content (AvgIpc) is 3.13. The van der Waals surface area contributed by atoms with Crippen molar-refractivity contribution in [2.24, 2.45) is 0 Å². The number of carbonyl (C=O) groups is 1. The molecule has 2 aromatic carbocycles. The van der Waals surface area contributed by atoms with E-state index < -0.39 is 5.97 Å². The van der Waals surface area contributed by atoms with Crippen LogP contribution in [0.15, 0.2) is 30.3 Å². The van der Waals surface area contributed by atoms with Crippen LogP contribution in [-0.4, -0.2) is 34.3 Å². The van der Waals surface area contributed by atoms with Gasteiger partial charge < -0.3 is 19.6 Å². The first-order valence-corrected chi connectivity index (χ1v) is 7.66. The molecule has 6 heteroatoms. The monoisotopic (exact) mass is 324 g/mol. The number of nitrogens with zero attached hydrogens (tertiary/aromatic N) is 1. The summed E-state index contributed by atoms with van der Waals surface area (Å²) in [5.41, 5.74) is 3.50. The Morgan fingerprint density at radius 3 is 2.96 bits per heavy atom. The van der Waals surface area contributed by atoms with Crippen LogP contribution >= 0.6 is 0 Å². The molecule has 0 spiro atoms. The van der Waals surface area contributed by atoms with Crippen molar-refractivity contribution in [1.82, 2.24) is 9.97 Å². The van der Waals surface area contributed by atoms with Gasteiger partial charge in [-0.25, -0.2) is 9.78 Å². The van der Waals surface area contributed by atoms with Crippen LogP contribution < -0.4 is 9.47 Å². The molecule has 1 aromatic heterocycles. The molecule has 0 aliphatic carbocycles. The van der Waals surface area contributed by atoms with Gasteiger partial charge in [0.1, 0.15) is 23.4 Å². The van der Waals surface area contributed by atoms with E-state index in [1.807, 2.05) is 19.1 Å². The van der Waals surface area contributed by atoms with E-state index in [2.05, 4.69) is 9.97 Å². The summed E-state index contributed by atoms with van der Waals surface area (Å²) in [4.78, 5) is 18.8. The Bertz CT molecular complexity index is 961. The largest absolute Gasteiger partial charge is 0.496 e. The van der Waals surface area contributed by atoms with Gasteiger partial charge in [0.05, 0.1) is 29.3 Å². The highest BCUT2D eigenvalue weighted by molar-refractivity contribution is 5.93. The van der Waals surface area contributed by atoms with Crippen LogP contribution in [0, 0.1) is 0 Å². The highest BCUT2D eigenvalue weighted by Crippen LogP contribution is 2.39. The van der Waals surface area contributed by atoms with E-state index in [0.29, 0.717) is 22.6 Å². The highest BCUT2D eigenvalue weighted by Gasteiger charge is 2.23. The summed E-state index contributed by atoms with van der Waals surface area (Å²) in [5, 5.41) is 9.11. The molecule has 0 unspecified atom stereocenters. The zero-order valence-electron chi connectivity index (χ0n) is 13.3. The lowest BCUT2D eigenvalue weighted by atomic mass is 10.1. The number of ether oxygens (including phenoxy) is 2. The summed E-state index contributed by atoms with van der Waals surface area (Å²) in [7, 11) is 1.62. The van der Waals surface area contributed by atoms with Crippen molar-refractivity contribution in [2.75, 3.05) is 7.11 Å². The summed E-state index contributed by atoms with van der Waals surface area (Å²) in [6, 6.07) is 8.71. The second-order valence-corrected chi connectivity index (χ2v) is 5.92. The number of hydrogen-bond donors (Lipinski definition) is 2. The molecule has 2 N–H and O–H groups in total. The molecule has 122 valence electrons. The number of aromatic nitrogens is 2. The third-order valence-electron chi connectivity index (χ3n) is 4.20. The van der Waals surface area contributed by atoms with E-state index in [4.69, 9.17) is 14.6 Å². The first-order valence-electron chi connectivity index (χ1n) is 7.66. The zero-order valence-corrected chi connectivity index (χ0v) is 13.3. The molecule has 0 saturated heterocycles. The lowest BCUT2D eigenvalue weighted by molar-refractivity contribution is 0.0697. The molecule has 3 aromatic rings. The van der Waals surface area contributed by atoms with Crippen molar-refractivity contribution >= 4 is 17.0 Å². The number of benzene rings is 2. The minimum absolute atomic E-state index is 0.147. The van der Waals surface area contributed by atoms with Gasteiger partial charge in [-0.15, -0.1) is 0 Å². The second-order valence-electron chi connectivity index (χ2n) is 5.92. The number of aromatic amines is 1. The third-order valence-corrected chi connectivity index (χ3v) is 4.20. The van der Waals surface area contributed by atoms with Gasteiger partial charge in [-0.3, -0.25) is 0 Å². The zero-order chi connectivity index (χ0) is 16.8. The standard InChI is InChI=1S/C18H16N2O4/c1-9-5-11-7-16(23-2)12(8-15(11)24-9)17-19-13-4-3-10(18(21)22)6-14(13)20-17/h3-4,6-9H,5H2,1-2H3,(H,19,20)(H,21,22)/t9-/m1/s1. The number of carboxylic acids is 1. The van der Waals surface area contributed by atoms with Gasteiger partial charge in [0.25, 0.3) is 0 Å². The fraction of sp³-hybridized carbons (Fsp3) is 0.222. The van der Waals surface area contributed by atoms with Gasteiger partial charge in [-0.05, 0) is 37.3 Å². The summed E-state index contributed by atoms with van der Waals surface area (Å²) >= 11 is 0. The van der Waals surface area contributed by atoms with E-state index >= 15 is 0 Å². The average molecular weight is 324 g/mol. The normalized spacial score (nSPS) is 16.0. The van der Waals surface area contributed by atoms with Crippen molar-refractivity contribution < 1.29 is 19.4 Å². The molecule has 1 atom stereocenters. The van der Waals surface area contributed by atoms with Crippen LogP contribution in [0.5, 0.6) is 11.5 Å². The predicted octanol–water partition coefficient (Wildman–Crippen LogP) is 3.26. The van der Waals surface area contributed by atoms with Gasteiger partial charge in [0, 0.05) is 12.0 Å². The lowest BCUT2D eigenvalue weighted by Gasteiger charge is -2.09. The number of nitrogens with one attached hydrogen (secondary N) is 1. The van der Waals surface area contributed by atoms with E-state index in [0.717, 1.165) is 23.3 Å². The van der Waals surface area contributed by atoms with Crippen LogP contribution in [0.25, 0.3) is 22.4 Å². The summed E-state index contributed by atoms with van der Waals surface area (Å²) in [5.74, 6) is 1.20. The number of imidazole rings is 1. The number of rotatable bonds is 3. The van der Waals surface area contributed by atoms with Crippen molar-refractivity contribution in [3.8, 4) is 22.9 Å². The molecule has 1 aliphatic heterocycles. The first kappa shape index (κ1) is 14.6. The van der Waals surface area contributed by atoms with Crippen molar-refractivity contribution in [3.63, 3.8) is 0 Å². The smallest absolute Gasteiger partial charge is 0.335 e. The van der Waals surface area contributed by atoms with Gasteiger partial charge in [-0.1, -0.05) is 0 Å². The molecule has 0 radical (unpaired) electrons. The molecular formula is C18H16N2O4. The second kappa shape index (κ2) is 5.26. The van der Waals surface area contributed by atoms with Gasteiger partial charge >= 0.3 is 5.97 Å². The number of H-pyrrole nitrogens is 1. The Hall–Kier alpha value is -3.02. The fourth-order valence-corrected chi connectivity index (χ4v) is 3.06. The molecule has 0 bridgehead atoms. The quantitative estimate of drug-likeness (QED) is 0.772. The van der Waals surface area contributed by atoms with Crippen LogP contribution in [-0.2, 0) is 6.42 Å². The number of fused-ring (bicyclic) bond motifs is 2. The maximum Gasteiger partial charge on any atom is 0.335 e. The molecule has 24 heavy (non-hydrogen) atoms. The van der Waals surface area contributed by atoms with Crippen LogP contribution in [0.3, 0.4) is 0 Å². The maximum atomic E-state index is 11.1. The topological polar surface area (TPSA) is 84.4 Å². The summed E-state index contributed by atoms with van der Waals surface area (Å²) in [6.45, 7) is 2.03. The Kier molecular flexibility index (Phi) is 3.19. The van der Waals surface area contributed by atoms with E-state index in [1.165, 1.54) is 0 Å². The molecule has 0 fully saturated rings. The Labute approximate surface area is 138 Å². The number of carboxylic acid groups (broad SMARTS) is 1. The van der Waals surface area contributed by atoms with Crippen LogP contribution in [0.2, 0.25) is 0 Å². The van der Waals surface area contributed by atoms with Crippen LogP contribution in [0.4, 0.5) is 0 Å². The maximum absolute atomic E-state index is 11.1. The molecule has 6 nitrogen and oxygen atoms in total.